The van der Waals surface area contributed by atoms with Crippen LogP contribution in [0.3, 0.4) is 0 Å². The summed E-state index contributed by atoms with van der Waals surface area (Å²) in [6.45, 7) is 1.95. The van der Waals surface area contributed by atoms with Crippen molar-refractivity contribution < 1.29 is 14.3 Å². The number of ether oxygens (including phenoxy) is 1. The fraction of sp³-hybridized carbons (Fsp3) is 0.444. The highest BCUT2D eigenvalue weighted by Crippen LogP contribution is 2.24. The topological polar surface area (TPSA) is 72.6 Å². The molecule has 0 heterocycles. The van der Waals surface area contributed by atoms with Crippen molar-refractivity contribution in [2.45, 2.75) is 38.6 Å². The maximum atomic E-state index is 12.5. The summed E-state index contributed by atoms with van der Waals surface area (Å²) in [6, 6.07) is 5.89. The van der Waals surface area contributed by atoms with Gasteiger partial charge in [-0.3, -0.25) is 9.59 Å². The van der Waals surface area contributed by atoms with Crippen LogP contribution in [0.5, 0.6) is 5.75 Å². The lowest BCUT2D eigenvalue weighted by molar-refractivity contribution is -0.133. The van der Waals surface area contributed by atoms with Crippen molar-refractivity contribution in [2.24, 2.45) is 5.73 Å². The monoisotopic (exact) mass is 316 g/mol. The zero-order chi connectivity index (χ0) is 16.8. The van der Waals surface area contributed by atoms with E-state index in [2.05, 4.69) is 0 Å². The van der Waals surface area contributed by atoms with Gasteiger partial charge in [-0.05, 0) is 38.0 Å². The minimum absolute atomic E-state index is 0.0290. The van der Waals surface area contributed by atoms with Crippen LogP contribution in [-0.2, 0) is 9.59 Å². The van der Waals surface area contributed by atoms with E-state index in [1.54, 1.807) is 18.1 Å². The molecule has 0 bridgehead atoms. The van der Waals surface area contributed by atoms with Crippen molar-refractivity contribution in [3.05, 3.63) is 35.4 Å². The number of carbonyl (C=O) groups excluding carboxylic acids is 2. The number of aryl methyl sites for hydroxylation is 1. The van der Waals surface area contributed by atoms with E-state index in [0.717, 1.165) is 36.8 Å². The summed E-state index contributed by atoms with van der Waals surface area (Å²) in [7, 11) is 1.60. The standard InChI is InChI=1S/C18H24N2O3/c1-13-7-9-16(23-2)14(11-13)8-10-18(22)20(12-17(19)21)15-5-3-4-6-15/h7-11,15H,3-6,12H2,1-2H3,(H2,19,21). The van der Waals surface area contributed by atoms with Gasteiger partial charge in [0.2, 0.25) is 11.8 Å². The quantitative estimate of drug-likeness (QED) is 0.818. The lowest BCUT2D eigenvalue weighted by atomic mass is 10.1. The molecule has 2 N–H and O–H groups in total. The minimum Gasteiger partial charge on any atom is -0.496 e. The average Bonchev–Trinajstić information content (AvgIpc) is 3.04. The number of benzene rings is 1. The van der Waals surface area contributed by atoms with E-state index < -0.39 is 5.91 Å². The van der Waals surface area contributed by atoms with Gasteiger partial charge in [0.1, 0.15) is 5.75 Å². The van der Waals surface area contributed by atoms with Gasteiger partial charge >= 0.3 is 0 Å². The lowest BCUT2D eigenvalue weighted by Gasteiger charge is -2.26. The summed E-state index contributed by atoms with van der Waals surface area (Å²) in [5.41, 5.74) is 7.22. The average molecular weight is 316 g/mol. The Bertz CT molecular complexity index is 604. The Morgan fingerprint density at radius 2 is 2.04 bits per heavy atom. The second-order valence-electron chi connectivity index (χ2n) is 5.95. The molecule has 0 saturated heterocycles. The summed E-state index contributed by atoms with van der Waals surface area (Å²) >= 11 is 0. The Labute approximate surface area is 137 Å². The molecule has 0 spiro atoms. The second kappa shape index (κ2) is 7.81. The molecule has 2 amide bonds. The first-order valence-corrected chi connectivity index (χ1v) is 7.93. The molecule has 1 saturated carbocycles. The van der Waals surface area contributed by atoms with Gasteiger partial charge in [0.15, 0.2) is 0 Å². The fourth-order valence-electron chi connectivity index (χ4n) is 3.01. The van der Waals surface area contributed by atoms with E-state index in [1.165, 1.54) is 6.08 Å². The molecule has 1 aliphatic rings. The number of methoxy groups -OCH3 is 1. The van der Waals surface area contributed by atoms with E-state index in [-0.39, 0.29) is 18.5 Å². The lowest BCUT2D eigenvalue weighted by Crippen LogP contribution is -2.43. The van der Waals surface area contributed by atoms with Crippen molar-refractivity contribution >= 4 is 17.9 Å². The maximum absolute atomic E-state index is 12.5. The minimum atomic E-state index is -0.480. The zero-order valence-electron chi connectivity index (χ0n) is 13.7. The zero-order valence-corrected chi connectivity index (χ0v) is 13.7. The van der Waals surface area contributed by atoms with Crippen LogP contribution in [0.25, 0.3) is 6.08 Å². The van der Waals surface area contributed by atoms with E-state index in [4.69, 9.17) is 10.5 Å². The number of primary amides is 1. The molecule has 1 aromatic carbocycles. The van der Waals surface area contributed by atoms with Gasteiger partial charge in [0, 0.05) is 17.7 Å². The van der Waals surface area contributed by atoms with Crippen LogP contribution in [-0.4, -0.2) is 36.4 Å². The molecule has 1 aliphatic carbocycles. The molecule has 23 heavy (non-hydrogen) atoms. The van der Waals surface area contributed by atoms with Gasteiger partial charge in [-0.1, -0.05) is 24.5 Å². The van der Waals surface area contributed by atoms with Gasteiger partial charge in [0.05, 0.1) is 13.7 Å². The second-order valence-corrected chi connectivity index (χ2v) is 5.95. The molecular formula is C18H24N2O3. The molecular weight excluding hydrogens is 292 g/mol. The number of nitrogens with zero attached hydrogens (tertiary/aromatic N) is 1. The predicted molar refractivity (Wildman–Crippen MR) is 89.9 cm³/mol. The Kier molecular flexibility index (Phi) is 5.79. The van der Waals surface area contributed by atoms with Gasteiger partial charge in [-0.25, -0.2) is 0 Å². The van der Waals surface area contributed by atoms with Crippen molar-refractivity contribution in [1.82, 2.24) is 4.90 Å². The van der Waals surface area contributed by atoms with Crippen LogP contribution in [0.15, 0.2) is 24.3 Å². The summed E-state index contributed by atoms with van der Waals surface area (Å²) in [6.07, 6.45) is 7.27. The van der Waals surface area contributed by atoms with Crippen LogP contribution < -0.4 is 10.5 Å². The van der Waals surface area contributed by atoms with Crippen molar-refractivity contribution in [3.8, 4) is 5.75 Å². The Morgan fingerprint density at radius 3 is 2.65 bits per heavy atom. The number of hydrogen-bond acceptors (Lipinski definition) is 3. The summed E-state index contributed by atoms with van der Waals surface area (Å²) in [5, 5.41) is 0. The van der Waals surface area contributed by atoms with Crippen LogP contribution in [0.1, 0.15) is 36.8 Å². The van der Waals surface area contributed by atoms with Crippen molar-refractivity contribution in [1.29, 1.82) is 0 Å². The normalized spacial score (nSPS) is 15.0. The number of amides is 2. The smallest absolute Gasteiger partial charge is 0.247 e. The number of hydrogen-bond donors (Lipinski definition) is 1. The third-order valence-corrected chi connectivity index (χ3v) is 4.17. The predicted octanol–water partition coefficient (Wildman–Crippen LogP) is 2.27. The molecule has 5 heteroatoms. The van der Waals surface area contributed by atoms with E-state index in [1.807, 2.05) is 25.1 Å². The Morgan fingerprint density at radius 1 is 1.35 bits per heavy atom. The Balaban J connectivity index is 2.17. The molecule has 2 rings (SSSR count). The van der Waals surface area contributed by atoms with E-state index in [9.17, 15) is 9.59 Å². The van der Waals surface area contributed by atoms with Crippen molar-refractivity contribution in [3.63, 3.8) is 0 Å². The highest BCUT2D eigenvalue weighted by molar-refractivity contribution is 5.94. The highest BCUT2D eigenvalue weighted by atomic mass is 16.5. The number of carbonyl (C=O) groups is 2. The van der Waals surface area contributed by atoms with Gasteiger partial charge in [-0.15, -0.1) is 0 Å². The molecule has 124 valence electrons. The molecule has 1 fully saturated rings. The fourth-order valence-corrected chi connectivity index (χ4v) is 3.01. The summed E-state index contributed by atoms with van der Waals surface area (Å²) in [4.78, 5) is 25.4. The SMILES string of the molecule is COc1ccc(C)cc1C=CC(=O)N(CC(N)=O)C1CCCC1. The maximum Gasteiger partial charge on any atom is 0.247 e. The van der Waals surface area contributed by atoms with Gasteiger partial charge in [0.25, 0.3) is 0 Å². The molecule has 5 nitrogen and oxygen atoms in total. The van der Waals surface area contributed by atoms with Crippen LogP contribution in [0.4, 0.5) is 0 Å². The summed E-state index contributed by atoms with van der Waals surface area (Å²) in [5.74, 6) is 0.0491. The van der Waals surface area contributed by atoms with Gasteiger partial charge in [-0.2, -0.15) is 0 Å². The van der Waals surface area contributed by atoms with Crippen LogP contribution in [0.2, 0.25) is 0 Å². The molecule has 0 atom stereocenters. The van der Waals surface area contributed by atoms with E-state index >= 15 is 0 Å². The third kappa shape index (κ3) is 4.58. The van der Waals surface area contributed by atoms with E-state index in [0.29, 0.717) is 5.75 Å². The first-order valence-electron chi connectivity index (χ1n) is 7.93. The molecule has 0 unspecified atom stereocenters. The number of rotatable bonds is 6. The van der Waals surface area contributed by atoms with Gasteiger partial charge < -0.3 is 15.4 Å². The first-order chi connectivity index (χ1) is 11.0. The Hall–Kier alpha value is -2.30. The third-order valence-electron chi connectivity index (χ3n) is 4.17. The first kappa shape index (κ1) is 17.1. The highest BCUT2D eigenvalue weighted by Gasteiger charge is 2.26. The number of nitrogens with two attached hydrogens (primary N) is 1. The molecule has 1 aromatic rings. The molecule has 0 aliphatic heterocycles. The molecule has 0 radical (unpaired) electrons. The van der Waals surface area contributed by atoms with Crippen molar-refractivity contribution in [2.75, 3.05) is 13.7 Å². The summed E-state index contributed by atoms with van der Waals surface area (Å²) < 4.78 is 5.31. The van der Waals surface area contributed by atoms with Crippen LogP contribution in [0, 0.1) is 6.92 Å². The molecule has 0 aromatic heterocycles. The largest absolute Gasteiger partial charge is 0.496 e. The van der Waals surface area contributed by atoms with Crippen LogP contribution >= 0.6 is 0 Å².